The molecule has 1 aromatic heterocycles. The maximum absolute atomic E-state index is 4.21. The zero-order valence-corrected chi connectivity index (χ0v) is 13.4. The Hall–Kier alpha value is -1.20. The molecular weight excluding hydrogens is 316 g/mol. The number of aromatic nitrogens is 3. The zero-order chi connectivity index (χ0) is 14.1. The third kappa shape index (κ3) is 2.52. The van der Waals surface area contributed by atoms with Crippen LogP contribution in [-0.2, 0) is 13.0 Å². The van der Waals surface area contributed by atoms with Gasteiger partial charge in [0.15, 0.2) is 0 Å². The Labute approximate surface area is 127 Å². The molecule has 1 N–H and O–H groups in total. The van der Waals surface area contributed by atoms with E-state index < -0.39 is 0 Å². The number of nitrogens with one attached hydrogen (secondary N) is 1. The van der Waals surface area contributed by atoms with E-state index in [0.717, 1.165) is 25.2 Å². The van der Waals surface area contributed by atoms with Crippen molar-refractivity contribution in [2.75, 3.05) is 0 Å². The molecule has 0 bridgehead atoms. The molecule has 1 aliphatic rings. The van der Waals surface area contributed by atoms with E-state index in [0.29, 0.717) is 12.1 Å². The number of rotatable bonds is 4. The molecule has 1 heterocycles. The van der Waals surface area contributed by atoms with Crippen LogP contribution in [0.3, 0.4) is 0 Å². The summed E-state index contributed by atoms with van der Waals surface area (Å²) in [6.45, 7) is 5.05. The van der Waals surface area contributed by atoms with Crippen LogP contribution in [0.1, 0.15) is 49.3 Å². The van der Waals surface area contributed by atoms with Gasteiger partial charge in [0.1, 0.15) is 12.2 Å². The van der Waals surface area contributed by atoms with Crippen molar-refractivity contribution < 1.29 is 0 Å². The van der Waals surface area contributed by atoms with Crippen molar-refractivity contribution in [1.82, 2.24) is 20.1 Å². The van der Waals surface area contributed by atoms with Crippen LogP contribution >= 0.6 is 15.9 Å². The van der Waals surface area contributed by atoms with Gasteiger partial charge in [-0.3, -0.25) is 0 Å². The summed E-state index contributed by atoms with van der Waals surface area (Å²) >= 11 is 3.64. The second kappa shape index (κ2) is 5.66. The van der Waals surface area contributed by atoms with Crippen molar-refractivity contribution in [3.63, 3.8) is 0 Å². The summed E-state index contributed by atoms with van der Waals surface area (Å²) in [5.41, 5.74) is 2.85. The Kier molecular flexibility index (Phi) is 3.89. The Bertz CT molecular complexity index is 606. The van der Waals surface area contributed by atoms with Crippen LogP contribution in [0.2, 0.25) is 0 Å². The van der Waals surface area contributed by atoms with E-state index in [1.807, 2.05) is 0 Å². The van der Waals surface area contributed by atoms with Crippen LogP contribution in [-0.4, -0.2) is 14.8 Å². The molecule has 106 valence electrons. The highest BCUT2D eigenvalue weighted by atomic mass is 79.9. The van der Waals surface area contributed by atoms with Crippen molar-refractivity contribution in [2.45, 2.75) is 45.3 Å². The highest BCUT2D eigenvalue weighted by Gasteiger charge is 2.23. The number of nitrogens with zero attached hydrogens (tertiary/aromatic N) is 3. The molecule has 1 atom stereocenters. The van der Waals surface area contributed by atoms with Gasteiger partial charge in [-0.15, -0.1) is 10.2 Å². The van der Waals surface area contributed by atoms with E-state index in [2.05, 4.69) is 68.1 Å². The first-order valence-electron chi connectivity index (χ1n) is 7.06. The Morgan fingerprint density at radius 2 is 2.30 bits per heavy atom. The molecule has 0 radical (unpaired) electrons. The molecule has 0 fully saturated rings. The van der Waals surface area contributed by atoms with Gasteiger partial charge >= 0.3 is 0 Å². The fourth-order valence-electron chi connectivity index (χ4n) is 2.86. The summed E-state index contributed by atoms with van der Waals surface area (Å²) in [6, 6.07) is 7.26. The van der Waals surface area contributed by atoms with E-state index >= 15 is 0 Å². The maximum Gasteiger partial charge on any atom is 0.147 e. The molecule has 5 heteroatoms. The first kappa shape index (κ1) is 13.8. The number of hydrogen-bond acceptors (Lipinski definition) is 3. The van der Waals surface area contributed by atoms with Crippen molar-refractivity contribution in [2.24, 2.45) is 0 Å². The molecule has 0 amide bonds. The molecule has 2 aromatic rings. The summed E-state index contributed by atoms with van der Waals surface area (Å²) < 4.78 is 3.34. The second-order valence-electron chi connectivity index (χ2n) is 5.53. The highest BCUT2D eigenvalue weighted by molar-refractivity contribution is 9.10. The van der Waals surface area contributed by atoms with Gasteiger partial charge in [-0.1, -0.05) is 28.1 Å². The average molecular weight is 335 g/mol. The molecule has 1 aliphatic carbocycles. The van der Waals surface area contributed by atoms with Crippen molar-refractivity contribution in [3.05, 3.63) is 46.0 Å². The highest BCUT2D eigenvalue weighted by Crippen LogP contribution is 2.35. The van der Waals surface area contributed by atoms with Crippen LogP contribution in [0.25, 0.3) is 0 Å². The van der Waals surface area contributed by atoms with Gasteiger partial charge in [-0.2, -0.15) is 0 Å². The lowest BCUT2D eigenvalue weighted by Gasteiger charge is -2.15. The fourth-order valence-corrected chi connectivity index (χ4v) is 3.44. The van der Waals surface area contributed by atoms with Crippen LogP contribution in [0.4, 0.5) is 0 Å². The van der Waals surface area contributed by atoms with Gasteiger partial charge in [-0.05, 0) is 43.9 Å². The average Bonchev–Trinajstić information content (AvgIpc) is 3.03. The Morgan fingerprint density at radius 1 is 1.45 bits per heavy atom. The van der Waals surface area contributed by atoms with Crippen LogP contribution < -0.4 is 5.32 Å². The topological polar surface area (TPSA) is 42.7 Å². The minimum atomic E-state index is 0.395. The summed E-state index contributed by atoms with van der Waals surface area (Å²) in [5, 5.41) is 11.8. The van der Waals surface area contributed by atoms with Gasteiger partial charge in [0, 0.05) is 16.6 Å². The van der Waals surface area contributed by atoms with Crippen LogP contribution in [0, 0.1) is 0 Å². The van der Waals surface area contributed by atoms with E-state index in [1.165, 1.54) is 15.6 Å². The van der Waals surface area contributed by atoms with Gasteiger partial charge in [0.2, 0.25) is 0 Å². The Balaban J connectivity index is 1.72. The smallest absolute Gasteiger partial charge is 0.147 e. The van der Waals surface area contributed by atoms with E-state index in [9.17, 15) is 0 Å². The summed E-state index contributed by atoms with van der Waals surface area (Å²) in [7, 11) is 0. The van der Waals surface area contributed by atoms with Crippen LogP contribution in [0.15, 0.2) is 29.0 Å². The summed E-state index contributed by atoms with van der Waals surface area (Å²) in [6.07, 6.45) is 4.08. The second-order valence-corrected chi connectivity index (χ2v) is 6.38. The molecule has 0 saturated carbocycles. The van der Waals surface area contributed by atoms with Crippen molar-refractivity contribution in [3.8, 4) is 0 Å². The molecule has 1 unspecified atom stereocenters. The van der Waals surface area contributed by atoms with Crippen molar-refractivity contribution >= 4 is 15.9 Å². The summed E-state index contributed by atoms with van der Waals surface area (Å²) in [4.78, 5) is 0. The van der Waals surface area contributed by atoms with Crippen LogP contribution in [0.5, 0.6) is 0 Å². The monoisotopic (exact) mass is 334 g/mol. The minimum Gasteiger partial charge on any atom is -0.314 e. The van der Waals surface area contributed by atoms with Gasteiger partial charge in [0.05, 0.1) is 6.54 Å². The van der Waals surface area contributed by atoms with Gasteiger partial charge in [-0.25, -0.2) is 0 Å². The van der Waals surface area contributed by atoms with Crippen molar-refractivity contribution in [1.29, 1.82) is 0 Å². The third-order valence-corrected chi connectivity index (χ3v) is 4.67. The molecule has 1 aromatic carbocycles. The molecular formula is C15H19BrN4. The van der Waals surface area contributed by atoms with Gasteiger partial charge in [0.25, 0.3) is 0 Å². The predicted octanol–water partition coefficient (Wildman–Crippen LogP) is 3.40. The number of hydrogen-bond donors (Lipinski definition) is 1. The van der Waals surface area contributed by atoms with E-state index in [1.54, 1.807) is 6.33 Å². The number of fused-ring (bicyclic) bond motifs is 1. The lowest BCUT2D eigenvalue weighted by atomic mass is 10.1. The largest absolute Gasteiger partial charge is 0.314 e. The maximum atomic E-state index is 4.21. The predicted molar refractivity (Wildman–Crippen MR) is 82.5 cm³/mol. The zero-order valence-electron chi connectivity index (χ0n) is 11.8. The molecule has 0 spiro atoms. The normalized spacial score (nSPS) is 17.7. The van der Waals surface area contributed by atoms with Gasteiger partial charge < -0.3 is 9.88 Å². The number of halogens is 1. The molecule has 0 saturated heterocycles. The fraction of sp³-hybridized carbons (Fsp3) is 0.467. The number of benzene rings is 1. The molecule has 20 heavy (non-hydrogen) atoms. The lowest BCUT2D eigenvalue weighted by molar-refractivity contribution is 0.488. The Morgan fingerprint density at radius 3 is 3.10 bits per heavy atom. The standard InChI is InChI=1S/C15H19BrN4/c1-10(2)20-9-18-19-15(20)8-17-14-7-6-11-12(14)4-3-5-13(11)16/h3-5,9-10,14,17H,6-8H2,1-2H3. The quantitative estimate of drug-likeness (QED) is 0.931. The minimum absolute atomic E-state index is 0.395. The molecule has 3 rings (SSSR count). The first-order chi connectivity index (χ1) is 9.66. The van der Waals surface area contributed by atoms with E-state index in [4.69, 9.17) is 0 Å². The molecule has 0 aliphatic heterocycles. The molecule has 4 nitrogen and oxygen atoms in total. The SMILES string of the molecule is CC(C)n1cnnc1CNC1CCc2c(Br)cccc21. The lowest BCUT2D eigenvalue weighted by Crippen LogP contribution is -2.21. The first-order valence-corrected chi connectivity index (χ1v) is 7.85. The third-order valence-electron chi connectivity index (χ3n) is 3.92. The van der Waals surface area contributed by atoms with E-state index in [-0.39, 0.29) is 0 Å². The summed E-state index contributed by atoms with van der Waals surface area (Å²) in [5.74, 6) is 1.00.